The molecule has 0 spiro atoms. The van der Waals surface area contributed by atoms with Gasteiger partial charge in [-0.05, 0) is 19.3 Å². The number of carbonyl (C=O) groups is 2. The molecule has 6 nitrogen and oxygen atoms in total. The number of hydrogen-bond donors (Lipinski definition) is 1. The highest BCUT2D eigenvalue weighted by molar-refractivity contribution is 5.97. The second kappa shape index (κ2) is 8.02. The van der Waals surface area contributed by atoms with Gasteiger partial charge in [0.25, 0.3) is 0 Å². The van der Waals surface area contributed by atoms with Gasteiger partial charge in [-0.25, -0.2) is 4.98 Å². The van der Waals surface area contributed by atoms with Crippen LogP contribution in [0, 0.1) is 5.92 Å². The van der Waals surface area contributed by atoms with Crippen molar-refractivity contribution < 1.29 is 19.1 Å². The Morgan fingerprint density at radius 2 is 2.12 bits per heavy atom. The summed E-state index contributed by atoms with van der Waals surface area (Å²) < 4.78 is 5.90. The van der Waals surface area contributed by atoms with Gasteiger partial charge in [0.2, 0.25) is 11.8 Å². The topological polar surface area (TPSA) is 83.6 Å². The summed E-state index contributed by atoms with van der Waals surface area (Å²) in [6, 6.07) is -0.253. The Morgan fingerprint density at radius 1 is 1.40 bits per heavy atom. The van der Waals surface area contributed by atoms with E-state index >= 15 is 0 Å². The van der Waals surface area contributed by atoms with Gasteiger partial charge in [0, 0.05) is 12.0 Å². The molecule has 1 aliphatic rings. The number of likely N-dealkylation sites (tertiary alicyclic amines) is 1. The zero-order valence-electron chi connectivity index (χ0n) is 15.7. The summed E-state index contributed by atoms with van der Waals surface area (Å²) in [4.78, 5) is 30.5. The molecule has 1 aliphatic heterocycles. The van der Waals surface area contributed by atoms with Gasteiger partial charge < -0.3 is 14.4 Å². The van der Waals surface area contributed by atoms with E-state index in [1.807, 2.05) is 20.8 Å². The Bertz CT molecular complexity index is 603. The first-order valence-electron chi connectivity index (χ1n) is 9.25. The minimum Gasteiger partial charge on any atom is -0.481 e. The Kier molecular flexibility index (Phi) is 6.25. The summed E-state index contributed by atoms with van der Waals surface area (Å²) in [6.07, 6.45) is 6.40. The van der Waals surface area contributed by atoms with Crippen LogP contribution < -0.4 is 0 Å². The van der Waals surface area contributed by atoms with Gasteiger partial charge in [-0.15, -0.1) is 0 Å². The number of carboxylic acid groups (broad SMARTS) is 1. The first-order valence-corrected chi connectivity index (χ1v) is 9.25. The molecule has 1 saturated heterocycles. The normalized spacial score (nSPS) is 19.2. The van der Waals surface area contributed by atoms with Crippen LogP contribution in [-0.4, -0.2) is 33.4 Å². The number of nitrogens with zero attached hydrogens (tertiary/aromatic N) is 2. The molecule has 1 fully saturated rings. The van der Waals surface area contributed by atoms with Crippen molar-refractivity contribution >= 4 is 11.9 Å². The summed E-state index contributed by atoms with van der Waals surface area (Å²) in [6.45, 7) is 8.76. The molecule has 6 heteroatoms. The largest absolute Gasteiger partial charge is 0.481 e. The van der Waals surface area contributed by atoms with Gasteiger partial charge in [0.05, 0.1) is 6.20 Å². The van der Waals surface area contributed by atoms with Crippen LogP contribution in [0.3, 0.4) is 0 Å². The number of rotatable bonds is 7. The van der Waals surface area contributed by atoms with E-state index < -0.39 is 11.9 Å². The maximum atomic E-state index is 12.8. The highest BCUT2D eigenvalue weighted by Crippen LogP contribution is 2.35. The zero-order chi connectivity index (χ0) is 18.6. The van der Waals surface area contributed by atoms with Crippen molar-refractivity contribution in [2.75, 3.05) is 6.54 Å². The molecule has 0 aromatic carbocycles. The highest BCUT2D eigenvalue weighted by Gasteiger charge is 2.39. The number of amides is 1. The molecule has 2 rings (SSSR count). The van der Waals surface area contributed by atoms with Crippen molar-refractivity contribution in [2.24, 2.45) is 5.92 Å². The van der Waals surface area contributed by atoms with Crippen molar-refractivity contribution in [3.63, 3.8) is 0 Å². The summed E-state index contributed by atoms with van der Waals surface area (Å²) in [5.74, 6) is -1.01. The minimum atomic E-state index is -1.03. The van der Waals surface area contributed by atoms with Crippen molar-refractivity contribution in [2.45, 2.75) is 77.7 Å². The molecule has 1 unspecified atom stereocenters. The third-order valence-electron chi connectivity index (χ3n) is 4.78. The summed E-state index contributed by atoms with van der Waals surface area (Å²) >= 11 is 0. The van der Waals surface area contributed by atoms with Gasteiger partial charge in [-0.3, -0.25) is 9.59 Å². The van der Waals surface area contributed by atoms with E-state index in [4.69, 9.17) is 4.42 Å². The number of aromatic nitrogens is 1. The minimum absolute atomic E-state index is 0.150. The van der Waals surface area contributed by atoms with E-state index in [2.05, 4.69) is 11.9 Å². The second-order valence-electron chi connectivity index (χ2n) is 7.89. The van der Waals surface area contributed by atoms with Crippen molar-refractivity contribution in [3.05, 3.63) is 17.8 Å². The van der Waals surface area contributed by atoms with Crippen LogP contribution in [0.4, 0.5) is 0 Å². The van der Waals surface area contributed by atoms with E-state index in [0.717, 1.165) is 37.9 Å². The maximum Gasteiger partial charge on any atom is 0.316 e. The van der Waals surface area contributed by atoms with Crippen LogP contribution in [0.25, 0.3) is 0 Å². The van der Waals surface area contributed by atoms with Crippen molar-refractivity contribution in [1.82, 2.24) is 9.88 Å². The van der Waals surface area contributed by atoms with Crippen LogP contribution >= 0.6 is 0 Å². The van der Waals surface area contributed by atoms with Crippen LogP contribution in [0.2, 0.25) is 0 Å². The number of unbranched alkanes of at least 4 members (excludes halogenated alkanes) is 2. The lowest BCUT2D eigenvalue weighted by Gasteiger charge is -2.25. The smallest absolute Gasteiger partial charge is 0.316 e. The monoisotopic (exact) mass is 350 g/mol. The van der Waals surface area contributed by atoms with E-state index in [-0.39, 0.29) is 17.4 Å². The lowest BCUT2D eigenvalue weighted by molar-refractivity contribution is -0.152. The molecule has 140 valence electrons. The average Bonchev–Trinajstić information content (AvgIpc) is 3.17. The standard InChI is InChI=1S/C19H30N2O4/c1-5-6-7-9-13(18(23)24)17(22)21-11-8-10-14(21)16-20-12-15(25-16)19(2,3)4/h12-14H,5-11H2,1-4H3,(H,23,24)/t13-,14?/m0/s1. The Morgan fingerprint density at radius 3 is 2.68 bits per heavy atom. The molecule has 25 heavy (non-hydrogen) atoms. The molecule has 0 bridgehead atoms. The molecule has 0 saturated carbocycles. The second-order valence-corrected chi connectivity index (χ2v) is 7.89. The van der Waals surface area contributed by atoms with Crippen LogP contribution in [0.15, 0.2) is 10.6 Å². The molecule has 1 N–H and O–H groups in total. The van der Waals surface area contributed by atoms with Gasteiger partial charge >= 0.3 is 5.97 Å². The van der Waals surface area contributed by atoms with Crippen molar-refractivity contribution in [1.29, 1.82) is 0 Å². The molecule has 2 heterocycles. The fourth-order valence-corrected chi connectivity index (χ4v) is 3.23. The number of aliphatic carboxylic acids is 1. The number of hydrogen-bond acceptors (Lipinski definition) is 4. The summed E-state index contributed by atoms with van der Waals surface area (Å²) in [7, 11) is 0. The molecule has 1 aromatic heterocycles. The third-order valence-corrected chi connectivity index (χ3v) is 4.78. The first kappa shape index (κ1) is 19.5. The first-order chi connectivity index (χ1) is 11.8. The molecular formula is C19H30N2O4. The predicted octanol–water partition coefficient (Wildman–Crippen LogP) is 3.92. The van der Waals surface area contributed by atoms with E-state index in [9.17, 15) is 14.7 Å². The predicted molar refractivity (Wildman–Crippen MR) is 94.2 cm³/mol. The van der Waals surface area contributed by atoms with Gasteiger partial charge in [-0.1, -0.05) is 47.0 Å². The molecule has 2 atom stereocenters. The van der Waals surface area contributed by atoms with Crippen molar-refractivity contribution in [3.8, 4) is 0 Å². The molecule has 0 radical (unpaired) electrons. The molecular weight excluding hydrogens is 320 g/mol. The summed E-state index contributed by atoms with van der Waals surface area (Å²) in [5, 5.41) is 9.48. The Hall–Kier alpha value is -1.85. The lowest BCUT2D eigenvalue weighted by Crippen LogP contribution is -2.39. The van der Waals surface area contributed by atoms with Crippen LogP contribution in [0.1, 0.15) is 83.9 Å². The quantitative estimate of drug-likeness (QED) is 0.595. The van der Waals surface area contributed by atoms with E-state index in [1.165, 1.54) is 0 Å². The molecule has 1 amide bonds. The van der Waals surface area contributed by atoms with Crippen LogP contribution in [-0.2, 0) is 15.0 Å². The Labute approximate surface area is 149 Å². The number of oxazole rings is 1. The summed E-state index contributed by atoms with van der Waals surface area (Å²) in [5.41, 5.74) is -0.150. The fourth-order valence-electron chi connectivity index (χ4n) is 3.23. The number of carboxylic acids is 1. The maximum absolute atomic E-state index is 12.8. The zero-order valence-corrected chi connectivity index (χ0v) is 15.7. The van der Waals surface area contributed by atoms with Gasteiger partial charge in [0.15, 0.2) is 0 Å². The Balaban J connectivity index is 2.14. The van der Waals surface area contributed by atoms with Crippen LogP contribution in [0.5, 0.6) is 0 Å². The number of carbonyl (C=O) groups excluding carboxylic acids is 1. The van der Waals surface area contributed by atoms with E-state index in [0.29, 0.717) is 18.9 Å². The third kappa shape index (κ3) is 4.61. The van der Waals surface area contributed by atoms with Gasteiger partial charge in [0.1, 0.15) is 17.7 Å². The molecule has 1 aromatic rings. The van der Waals surface area contributed by atoms with E-state index in [1.54, 1.807) is 11.1 Å². The SMILES string of the molecule is CCCCC[C@H](C(=O)O)C(=O)N1CCCC1c1ncc(C(C)(C)C)o1. The molecule has 0 aliphatic carbocycles. The highest BCUT2D eigenvalue weighted by atomic mass is 16.4. The average molecular weight is 350 g/mol. The fraction of sp³-hybridized carbons (Fsp3) is 0.737. The lowest BCUT2D eigenvalue weighted by atomic mass is 9.94. The van der Waals surface area contributed by atoms with Gasteiger partial charge in [-0.2, -0.15) is 0 Å².